The summed E-state index contributed by atoms with van der Waals surface area (Å²) in [5, 5.41) is 13.5. The number of aromatic nitrogens is 5. The summed E-state index contributed by atoms with van der Waals surface area (Å²) in [5.41, 5.74) is 5.02. The van der Waals surface area contributed by atoms with E-state index in [1.165, 1.54) is 24.5 Å². The van der Waals surface area contributed by atoms with Gasteiger partial charge in [-0.2, -0.15) is 10.2 Å². The largest absolute Gasteiger partial charge is 0.338 e. The molecular formula is C28H31FN8. The Kier molecular flexibility index (Phi) is 6.31. The Morgan fingerprint density at radius 2 is 1.89 bits per heavy atom. The van der Waals surface area contributed by atoms with Crippen molar-refractivity contribution in [2.24, 2.45) is 0 Å². The van der Waals surface area contributed by atoms with E-state index in [0.717, 1.165) is 53.1 Å². The lowest BCUT2D eigenvalue weighted by Gasteiger charge is -2.35. The number of halogens is 1. The van der Waals surface area contributed by atoms with Crippen LogP contribution in [0, 0.1) is 5.82 Å². The van der Waals surface area contributed by atoms with Crippen molar-refractivity contribution in [3.05, 3.63) is 84.2 Å². The van der Waals surface area contributed by atoms with Crippen LogP contribution >= 0.6 is 0 Å². The third kappa shape index (κ3) is 4.92. The average molecular weight is 499 g/mol. The molecule has 0 saturated carbocycles. The summed E-state index contributed by atoms with van der Waals surface area (Å²) in [6, 6.07) is 15.6. The standard InChI is InChI=1S/C28H31FN8/c1-34(2)25-9-11-35(12-10-25)18-21-8-13-36-27(21)28(30-19-32-36)33-24-6-7-26-22(15-24)16-31-37(26)17-20-4-3-5-23(29)14-20/h3-8,13-16,19,25H,9-12,17-18H2,1-2H3,(H,30,32,33). The molecule has 8 nitrogen and oxygen atoms in total. The number of nitrogens with one attached hydrogen (secondary N) is 1. The first kappa shape index (κ1) is 23.6. The maximum atomic E-state index is 13.6. The fourth-order valence-corrected chi connectivity index (χ4v) is 5.31. The van der Waals surface area contributed by atoms with Gasteiger partial charge in [0.2, 0.25) is 0 Å². The van der Waals surface area contributed by atoms with E-state index < -0.39 is 0 Å². The molecule has 0 bridgehead atoms. The third-order valence-electron chi connectivity index (χ3n) is 7.34. The zero-order valence-corrected chi connectivity index (χ0v) is 21.2. The fourth-order valence-electron chi connectivity index (χ4n) is 5.31. The van der Waals surface area contributed by atoms with Crippen molar-refractivity contribution < 1.29 is 4.39 Å². The van der Waals surface area contributed by atoms with Crippen LogP contribution in [-0.2, 0) is 13.1 Å². The molecule has 2 aromatic carbocycles. The van der Waals surface area contributed by atoms with Gasteiger partial charge in [-0.3, -0.25) is 9.58 Å². The number of benzene rings is 2. The van der Waals surface area contributed by atoms with Crippen molar-refractivity contribution in [3.8, 4) is 0 Å². The Bertz CT molecular complexity index is 1530. The summed E-state index contributed by atoms with van der Waals surface area (Å²) >= 11 is 0. The molecule has 0 spiro atoms. The first-order valence-electron chi connectivity index (χ1n) is 12.7. The molecule has 4 heterocycles. The maximum Gasteiger partial charge on any atom is 0.158 e. The minimum atomic E-state index is -0.237. The van der Waals surface area contributed by atoms with Crippen LogP contribution in [0.3, 0.4) is 0 Å². The summed E-state index contributed by atoms with van der Waals surface area (Å²) in [7, 11) is 4.34. The van der Waals surface area contributed by atoms with Gasteiger partial charge in [0.1, 0.15) is 17.7 Å². The number of hydrogen-bond acceptors (Lipinski definition) is 6. The molecule has 9 heteroatoms. The van der Waals surface area contributed by atoms with Crippen LogP contribution in [0.4, 0.5) is 15.9 Å². The normalized spacial score (nSPS) is 15.2. The Labute approximate surface area is 215 Å². The molecule has 3 aromatic heterocycles. The van der Waals surface area contributed by atoms with Gasteiger partial charge < -0.3 is 10.2 Å². The van der Waals surface area contributed by atoms with Crippen molar-refractivity contribution in [1.82, 2.24) is 34.2 Å². The second-order valence-corrected chi connectivity index (χ2v) is 10.0. The summed E-state index contributed by atoms with van der Waals surface area (Å²) in [6.45, 7) is 3.57. The van der Waals surface area contributed by atoms with Crippen molar-refractivity contribution in [3.63, 3.8) is 0 Å². The summed E-state index contributed by atoms with van der Waals surface area (Å²) in [4.78, 5) is 9.44. The highest BCUT2D eigenvalue weighted by Crippen LogP contribution is 2.27. The number of piperidine rings is 1. The van der Waals surface area contributed by atoms with Gasteiger partial charge in [-0.05, 0) is 87.6 Å². The second kappa shape index (κ2) is 9.91. The van der Waals surface area contributed by atoms with Crippen LogP contribution < -0.4 is 5.32 Å². The highest BCUT2D eigenvalue weighted by molar-refractivity contribution is 5.85. The first-order valence-corrected chi connectivity index (χ1v) is 12.7. The van der Waals surface area contributed by atoms with Crippen LogP contribution in [0.15, 0.2) is 67.3 Å². The minimum Gasteiger partial charge on any atom is -0.338 e. The monoisotopic (exact) mass is 498 g/mol. The van der Waals surface area contributed by atoms with Gasteiger partial charge in [-0.1, -0.05) is 12.1 Å². The Hall–Kier alpha value is -3.82. The molecule has 1 aliphatic rings. The predicted molar refractivity (Wildman–Crippen MR) is 143 cm³/mol. The van der Waals surface area contributed by atoms with Gasteiger partial charge in [-0.25, -0.2) is 13.9 Å². The molecule has 0 unspecified atom stereocenters. The molecule has 1 fully saturated rings. The summed E-state index contributed by atoms with van der Waals surface area (Å²) < 4.78 is 17.4. The zero-order chi connectivity index (χ0) is 25.4. The van der Waals surface area contributed by atoms with Gasteiger partial charge in [0.05, 0.1) is 18.3 Å². The Balaban J connectivity index is 1.22. The van der Waals surface area contributed by atoms with Crippen molar-refractivity contribution in [1.29, 1.82) is 0 Å². The number of fused-ring (bicyclic) bond motifs is 2. The van der Waals surface area contributed by atoms with E-state index in [-0.39, 0.29) is 5.82 Å². The summed E-state index contributed by atoms with van der Waals surface area (Å²) in [5.74, 6) is 0.545. The Morgan fingerprint density at radius 1 is 1.03 bits per heavy atom. The quantitative estimate of drug-likeness (QED) is 0.356. The lowest BCUT2D eigenvalue weighted by Crippen LogP contribution is -2.41. The molecule has 0 aliphatic carbocycles. The minimum absolute atomic E-state index is 0.237. The fraction of sp³-hybridized carbons (Fsp3) is 0.321. The van der Waals surface area contributed by atoms with Gasteiger partial charge in [0.15, 0.2) is 5.82 Å². The van der Waals surface area contributed by atoms with Crippen molar-refractivity contribution >= 4 is 27.9 Å². The van der Waals surface area contributed by atoms with Gasteiger partial charge in [0.25, 0.3) is 0 Å². The molecular weight excluding hydrogens is 467 g/mol. The molecule has 0 amide bonds. The SMILES string of the molecule is CN(C)C1CCN(Cc2ccn3ncnc(Nc4ccc5c(cnn5Cc5cccc(F)c5)c4)c23)CC1. The molecule has 1 aliphatic heterocycles. The number of likely N-dealkylation sites (tertiary alicyclic amines) is 1. The lowest BCUT2D eigenvalue weighted by molar-refractivity contribution is 0.140. The smallest absolute Gasteiger partial charge is 0.158 e. The van der Waals surface area contributed by atoms with Crippen LogP contribution in [-0.4, -0.2) is 67.4 Å². The molecule has 37 heavy (non-hydrogen) atoms. The van der Waals surface area contributed by atoms with Crippen molar-refractivity contribution in [2.75, 3.05) is 32.5 Å². The highest BCUT2D eigenvalue weighted by atomic mass is 19.1. The number of anilines is 2. The molecule has 5 aromatic rings. The van der Waals surface area contributed by atoms with Crippen LogP contribution in [0.5, 0.6) is 0 Å². The van der Waals surface area contributed by atoms with E-state index in [2.05, 4.69) is 56.5 Å². The maximum absolute atomic E-state index is 13.6. The molecule has 1 saturated heterocycles. The number of rotatable bonds is 7. The molecule has 1 N–H and O–H groups in total. The van der Waals surface area contributed by atoms with E-state index in [1.807, 2.05) is 39.8 Å². The molecule has 6 rings (SSSR count). The average Bonchev–Trinajstić information content (AvgIpc) is 3.49. The van der Waals surface area contributed by atoms with E-state index in [9.17, 15) is 4.39 Å². The van der Waals surface area contributed by atoms with Gasteiger partial charge in [-0.15, -0.1) is 0 Å². The summed E-state index contributed by atoms with van der Waals surface area (Å²) in [6.07, 6.45) is 7.80. The molecule has 0 radical (unpaired) electrons. The van der Waals surface area contributed by atoms with Crippen LogP contribution in [0.1, 0.15) is 24.0 Å². The van der Waals surface area contributed by atoms with Gasteiger partial charge >= 0.3 is 0 Å². The van der Waals surface area contributed by atoms with Crippen LogP contribution in [0.2, 0.25) is 0 Å². The van der Waals surface area contributed by atoms with E-state index in [4.69, 9.17) is 0 Å². The third-order valence-corrected chi connectivity index (χ3v) is 7.34. The van der Waals surface area contributed by atoms with E-state index in [1.54, 1.807) is 18.5 Å². The first-order chi connectivity index (χ1) is 18.0. The molecule has 190 valence electrons. The van der Waals surface area contributed by atoms with Gasteiger partial charge in [0, 0.05) is 29.9 Å². The topological polar surface area (TPSA) is 66.5 Å². The Morgan fingerprint density at radius 3 is 2.70 bits per heavy atom. The van der Waals surface area contributed by atoms with Crippen LogP contribution in [0.25, 0.3) is 16.4 Å². The second-order valence-electron chi connectivity index (χ2n) is 10.0. The lowest BCUT2D eigenvalue weighted by atomic mass is 10.0. The number of nitrogens with zero attached hydrogens (tertiary/aromatic N) is 7. The van der Waals surface area contributed by atoms with E-state index in [0.29, 0.717) is 12.6 Å². The molecule has 0 atom stereocenters. The van der Waals surface area contributed by atoms with Crippen molar-refractivity contribution in [2.45, 2.75) is 32.0 Å². The van der Waals surface area contributed by atoms with E-state index >= 15 is 0 Å². The highest BCUT2D eigenvalue weighted by Gasteiger charge is 2.22. The zero-order valence-electron chi connectivity index (χ0n) is 21.2. The predicted octanol–water partition coefficient (Wildman–Crippen LogP) is 4.54. The number of hydrogen-bond donors (Lipinski definition) is 1.